The van der Waals surface area contributed by atoms with Crippen LogP contribution < -0.4 is 4.90 Å². The third kappa shape index (κ3) is 2.59. The van der Waals surface area contributed by atoms with Crippen LogP contribution in [0.1, 0.15) is 22.2 Å². The third-order valence-corrected chi connectivity index (χ3v) is 3.59. The minimum absolute atomic E-state index is 0.163. The van der Waals surface area contributed by atoms with Gasteiger partial charge in [-0.1, -0.05) is 12.1 Å². The molecular weight excluding hydrogens is 249 g/mol. The number of halogens is 1. The predicted molar refractivity (Wildman–Crippen MR) is 72.8 cm³/mol. The van der Waals surface area contributed by atoms with Crippen LogP contribution in [0.25, 0.3) is 0 Å². The van der Waals surface area contributed by atoms with Crippen molar-refractivity contribution in [3.8, 4) is 0 Å². The summed E-state index contributed by atoms with van der Waals surface area (Å²) in [6.45, 7) is 2.06. The van der Waals surface area contributed by atoms with Gasteiger partial charge in [0.25, 0.3) is 0 Å². The predicted octanol–water partition coefficient (Wildman–Crippen LogP) is 3.73. The normalized spacial score (nSPS) is 10.4. The van der Waals surface area contributed by atoms with Gasteiger partial charge in [-0.2, -0.15) is 0 Å². The summed E-state index contributed by atoms with van der Waals surface area (Å²) in [5.74, 6) is -0.709. The topological polar surface area (TPSA) is 20.3 Å². The van der Waals surface area contributed by atoms with Crippen molar-refractivity contribution in [1.29, 1.82) is 0 Å². The largest absolute Gasteiger partial charge is 0.369 e. The van der Waals surface area contributed by atoms with E-state index in [0.717, 1.165) is 0 Å². The summed E-state index contributed by atoms with van der Waals surface area (Å²) in [6.07, 6.45) is 0. The second-order valence-corrected chi connectivity index (χ2v) is 5.16. The lowest BCUT2D eigenvalue weighted by Crippen LogP contribution is -2.19. The molecule has 18 heavy (non-hydrogen) atoms. The summed E-state index contributed by atoms with van der Waals surface area (Å²) in [5, 5.41) is 2.00. The molecule has 0 spiro atoms. The third-order valence-electron chi connectivity index (χ3n) is 2.73. The van der Waals surface area contributed by atoms with E-state index < -0.39 is 5.82 Å². The first-order valence-corrected chi connectivity index (χ1v) is 6.50. The Kier molecular flexibility index (Phi) is 3.77. The van der Waals surface area contributed by atoms with Crippen LogP contribution in [-0.4, -0.2) is 12.8 Å². The van der Waals surface area contributed by atoms with Crippen LogP contribution in [0, 0.1) is 5.82 Å². The second-order valence-electron chi connectivity index (χ2n) is 4.13. The number of hydrogen-bond acceptors (Lipinski definition) is 3. The summed E-state index contributed by atoms with van der Waals surface area (Å²) in [7, 11) is 1.86. The molecule has 0 bridgehead atoms. The van der Waals surface area contributed by atoms with Gasteiger partial charge in [-0.05, 0) is 30.5 Å². The van der Waals surface area contributed by atoms with Crippen LogP contribution >= 0.6 is 11.3 Å². The second kappa shape index (κ2) is 5.31. The van der Waals surface area contributed by atoms with E-state index in [1.807, 2.05) is 29.5 Å². The molecule has 0 radical (unpaired) electrons. The molecule has 0 saturated carbocycles. The van der Waals surface area contributed by atoms with Crippen LogP contribution in [0.5, 0.6) is 0 Å². The first-order valence-electron chi connectivity index (χ1n) is 5.62. The van der Waals surface area contributed by atoms with E-state index in [1.165, 1.54) is 17.9 Å². The number of rotatable bonds is 4. The number of Topliss-reactive ketones (excluding diaryl/α,β-unsaturated/α-hetero) is 1. The number of carbonyl (C=O) groups excluding carboxylic acids is 1. The monoisotopic (exact) mass is 263 g/mol. The first-order chi connectivity index (χ1) is 8.59. The highest BCUT2D eigenvalue weighted by Gasteiger charge is 2.16. The molecule has 1 heterocycles. The number of hydrogen-bond donors (Lipinski definition) is 0. The van der Waals surface area contributed by atoms with Gasteiger partial charge in [0.2, 0.25) is 0 Å². The Morgan fingerprint density at radius 3 is 2.72 bits per heavy atom. The van der Waals surface area contributed by atoms with E-state index in [9.17, 15) is 9.18 Å². The van der Waals surface area contributed by atoms with Crippen molar-refractivity contribution in [3.63, 3.8) is 0 Å². The zero-order valence-electron chi connectivity index (χ0n) is 10.3. The van der Waals surface area contributed by atoms with E-state index in [2.05, 4.69) is 0 Å². The van der Waals surface area contributed by atoms with Crippen molar-refractivity contribution < 1.29 is 9.18 Å². The van der Waals surface area contributed by atoms with E-state index in [1.54, 1.807) is 23.5 Å². The van der Waals surface area contributed by atoms with Crippen molar-refractivity contribution in [2.75, 3.05) is 11.9 Å². The van der Waals surface area contributed by atoms with E-state index in [0.29, 0.717) is 12.2 Å². The Labute approximate surface area is 110 Å². The van der Waals surface area contributed by atoms with Crippen LogP contribution in [-0.2, 0) is 6.54 Å². The van der Waals surface area contributed by atoms with E-state index >= 15 is 0 Å². The lowest BCUT2D eigenvalue weighted by atomic mass is 10.1. The Morgan fingerprint density at radius 2 is 2.11 bits per heavy atom. The molecule has 94 valence electrons. The van der Waals surface area contributed by atoms with Crippen molar-refractivity contribution in [2.45, 2.75) is 13.5 Å². The smallest absolute Gasteiger partial charge is 0.164 e. The van der Waals surface area contributed by atoms with Crippen LogP contribution in [0.2, 0.25) is 0 Å². The Hall–Kier alpha value is -1.68. The molecule has 4 heteroatoms. The SMILES string of the molecule is CC(=O)c1c(F)cccc1N(C)Cc1cccs1. The van der Waals surface area contributed by atoms with Crippen molar-refractivity contribution in [3.05, 3.63) is 52.0 Å². The number of nitrogens with zero attached hydrogens (tertiary/aromatic N) is 1. The number of anilines is 1. The van der Waals surface area contributed by atoms with Crippen LogP contribution in [0.15, 0.2) is 35.7 Å². The van der Waals surface area contributed by atoms with Gasteiger partial charge < -0.3 is 4.90 Å². The standard InChI is InChI=1S/C14H14FNOS/c1-10(17)14-12(15)6-3-7-13(14)16(2)9-11-5-4-8-18-11/h3-8H,9H2,1-2H3. The Balaban J connectivity index is 2.32. The lowest BCUT2D eigenvalue weighted by Gasteiger charge is -2.21. The van der Waals surface area contributed by atoms with Crippen LogP contribution in [0.4, 0.5) is 10.1 Å². The van der Waals surface area contributed by atoms with Gasteiger partial charge >= 0.3 is 0 Å². The van der Waals surface area contributed by atoms with Crippen molar-refractivity contribution in [2.24, 2.45) is 0 Å². The minimum Gasteiger partial charge on any atom is -0.369 e. The molecule has 0 unspecified atom stereocenters. The van der Waals surface area contributed by atoms with Crippen molar-refractivity contribution in [1.82, 2.24) is 0 Å². The van der Waals surface area contributed by atoms with Gasteiger partial charge in [0.15, 0.2) is 5.78 Å². The fourth-order valence-electron chi connectivity index (χ4n) is 1.90. The van der Waals surface area contributed by atoms with Crippen LogP contribution in [0.3, 0.4) is 0 Å². The molecular formula is C14H14FNOS. The number of thiophene rings is 1. The maximum absolute atomic E-state index is 13.7. The minimum atomic E-state index is -0.460. The maximum Gasteiger partial charge on any atom is 0.164 e. The summed E-state index contributed by atoms with van der Waals surface area (Å²) < 4.78 is 13.7. The average molecular weight is 263 g/mol. The lowest BCUT2D eigenvalue weighted by molar-refractivity contribution is 0.101. The molecule has 0 fully saturated rings. The molecule has 0 aliphatic heterocycles. The van der Waals surface area contributed by atoms with Gasteiger partial charge in [0.1, 0.15) is 5.82 Å². The van der Waals surface area contributed by atoms with Gasteiger partial charge in [-0.3, -0.25) is 4.79 Å². The molecule has 0 atom stereocenters. The fourth-order valence-corrected chi connectivity index (χ4v) is 2.66. The molecule has 2 nitrogen and oxygen atoms in total. The Morgan fingerprint density at radius 1 is 1.33 bits per heavy atom. The molecule has 2 aromatic rings. The zero-order valence-corrected chi connectivity index (χ0v) is 11.1. The van der Waals surface area contributed by atoms with Crippen molar-refractivity contribution >= 4 is 22.8 Å². The average Bonchev–Trinajstić information content (AvgIpc) is 2.80. The van der Waals surface area contributed by atoms with E-state index in [4.69, 9.17) is 0 Å². The Bertz CT molecular complexity index is 551. The summed E-state index contributed by atoms with van der Waals surface area (Å²) in [4.78, 5) is 14.6. The fraction of sp³-hybridized carbons (Fsp3) is 0.214. The van der Waals surface area contributed by atoms with Gasteiger partial charge in [-0.15, -0.1) is 11.3 Å². The van der Waals surface area contributed by atoms with Gasteiger partial charge in [0.05, 0.1) is 17.8 Å². The van der Waals surface area contributed by atoms with Gasteiger partial charge in [0, 0.05) is 11.9 Å². The summed E-state index contributed by atoms with van der Waals surface area (Å²) in [6, 6.07) is 8.72. The van der Waals surface area contributed by atoms with Gasteiger partial charge in [-0.25, -0.2) is 4.39 Å². The molecule has 1 aromatic heterocycles. The highest BCUT2D eigenvalue weighted by Crippen LogP contribution is 2.25. The first kappa shape index (κ1) is 12.8. The molecule has 1 aromatic carbocycles. The highest BCUT2D eigenvalue weighted by atomic mass is 32.1. The molecule has 2 rings (SSSR count). The molecule has 0 aliphatic rings. The number of ketones is 1. The number of benzene rings is 1. The van der Waals surface area contributed by atoms with E-state index in [-0.39, 0.29) is 11.3 Å². The summed E-state index contributed by atoms with van der Waals surface area (Å²) >= 11 is 1.64. The summed E-state index contributed by atoms with van der Waals surface area (Å²) in [5.41, 5.74) is 0.799. The zero-order chi connectivity index (χ0) is 13.1. The molecule has 0 saturated heterocycles. The molecule has 0 aliphatic carbocycles. The maximum atomic E-state index is 13.7. The number of carbonyl (C=O) groups is 1. The molecule has 0 amide bonds. The molecule has 0 N–H and O–H groups in total. The highest BCUT2D eigenvalue weighted by molar-refractivity contribution is 7.09. The quantitative estimate of drug-likeness (QED) is 0.783.